The van der Waals surface area contributed by atoms with E-state index in [4.69, 9.17) is 0 Å². The van der Waals surface area contributed by atoms with Gasteiger partial charge in [-0.05, 0) is 31.4 Å². The van der Waals surface area contributed by atoms with Crippen LogP contribution in [0.5, 0.6) is 0 Å². The number of para-hydroxylation sites is 1. The number of nitrogens with one attached hydrogen (secondary N) is 2. The summed E-state index contributed by atoms with van der Waals surface area (Å²) >= 11 is 0. The highest BCUT2D eigenvalue weighted by Gasteiger charge is 2.24. The van der Waals surface area contributed by atoms with Crippen molar-refractivity contribution in [3.8, 4) is 0 Å². The number of carbonyl (C=O) groups is 1. The van der Waals surface area contributed by atoms with E-state index in [0.29, 0.717) is 13.1 Å². The third-order valence-electron chi connectivity index (χ3n) is 5.15. The number of anilines is 1. The van der Waals surface area contributed by atoms with Crippen LogP contribution < -0.4 is 15.5 Å². The molecule has 7 heteroatoms. The minimum atomic E-state index is -0.104. The van der Waals surface area contributed by atoms with Gasteiger partial charge < -0.3 is 15.5 Å². The Kier molecular flexibility index (Phi) is 4.29. The van der Waals surface area contributed by atoms with Crippen LogP contribution in [0.3, 0.4) is 0 Å². The van der Waals surface area contributed by atoms with Gasteiger partial charge in [0.1, 0.15) is 12.2 Å². The van der Waals surface area contributed by atoms with Crippen LogP contribution in [0.15, 0.2) is 30.6 Å². The molecule has 7 nitrogen and oxygen atoms in total. The van der Waals surface area contributed by atoms with E-state index >= 15 is 0 Å². The number of carbonyl (C=O) groups excluding carboxylic acids is 1. The zero-order chi connectivity index (χ0) is 17.2. The summed E-state index contributed by atoms with van der Waals surface area (Å²) < 4.78 is 1.87. The third-order valence-corrected chi connectivity index (χ3v) is 5.15. The van der Waals surface area contributed by atoms with Crippen LogP contribution in [-0.4, -0.2) is 46.0 Å². The van der Waals surface area contributed by atoms with E-state index in [2.05, 4.69) is 56.8 Å². The molecule has 4 rings (SSSR count). The molecule has 132 valence electrons. The fourth-order valence-electron chi connectivity index (χ4n) is 3.76. The molecule has 2 aliphatic heterocycles. The van der Waals surface area contributed by atoms with Gasteiger partial charge in [0.05, 0.1) is 12.6 Å². The lowest BCUT2D eigenvalue weighted by atomic mass is 10.1. The molecule has 1 aromatic heterocycles. The van der Waals surface area contributed by atoms with Crippen LogP contribution in [0.4, 0.5) is 10.5 Å². The smallest absolute Gasteiger partial charge is 0.315 e. The fraction of sp³-hybridized carbons (Fsp3) is 0.500. The first-order valence-electron chi connectivity index (χ1n) is 8.96. The molecule has 0 bridgehead atoms. The maximum absolute atomic E-state index is 12.2. The Bertz CT molecular complexity index is 758. The first kappa shape index (κ1) is 15.9. The van der Waals surface area contributed by atoms with Gasteiger partial charge in [0, 0.05) is 31.2 Å². The molecule has 2 atom stereocenters. The maximum Gasteiger partial charge on any atom is 0.315 e. The Morgan fingerprint density at radius 1 is 1.36 bits per heavy atom. The number of amides is 2. The van der Waals surface area contributed by atoms with E-state index in [1.54, 1.807) is 6.33 Å². The largest absolute Gasteiger partial charge is 0.366 e. The molecule has 0 unspecified atom stereocenters. The molecule has 0 aliphatic carbocycles. The van der Waals surface area contributed by atoms with Crippen molar-refractivity contribution >= 4 is 11.7 Å². The molecular weight excluding hydrogens is 316 g/mol. The highest BCUT2D eigenvalue weighted by Crippen LogP contribution is 2.28. The minimum absolute atomic E-state index is 0.104. The van der Waals surface area contributed by atoms with Crippen molar-refractivity contribution in [2.45, 2.75) is 44.8 Å². The van der Waals surface area contributed by atoms with Crippen LogP contribution in [-0.2, 0) is 19.4 Å². The third kappa shape index (κ3) is 3.31. The molecular formula is C18H24N6O. The SMILES string of the molecule is C[C@@H](CNC(=O)N[C@@H]1CCc2ncnn2C1)N1CCc2ccccc21. The predicted molar refractivity (Wildman–Crippen MR) is 95.6 cm³/mol. The van der Waals surface area contributed by atoms with Crippen molar-refractivity contribution in [1.29, 1.82) is 0 Å². The zero-order valence-corrected chi connectivity index (χ0v) is 14.5. The number of urea groups is 1. The normalized spacial score (nSPS) is 19.9. The van der Waals surface area contributed by atoms with Crippen LogP contribution in [0.25, 0.3) is 0 Å². The second kappa shape index (κ2) is 6.74. The molecule has 0 saturated carbocycles. The van der Waals surface area contributed by atoms with Crippen molar-refractivity contribution in [2.75, 3.05) is 18.0 Å². The van der Waals surface area contributed by atoms with E-state index in [-0.39, 0.29) is 18.1 Å². The summed E-state index contributed by atoms with van der Waals surface area (Å²) in [5, 5.41) is 10.3. The molecule has 2 aliphatic rings. The molecule has 2 amide bonds. The first-order valence-corrected chi connectivity index (χ1v) is 8.96. The highest BCUT2D eigenvalue weighted by molar-refractivity contribution is 5.74. The molecule has 3 heterocycles. The number of benzene rings is 1. The van der Waals surface area contributed by atoms with Gasteiger partial charge in [-0.25, -0.2) is 14.5 Å². The average Bonchev–Trinajstić information content (AvgIpc) is 3.26. The lowest BCUT2D eigenvalue weighted by Gasteiger charge is -2.28. The van der Waals surface area contributed by atoms with Crippen LogP contribution in [0.1, 0.15) is 24.7 Å². The Balaban J connectivity index is 1.27. The molecule has 2 aromatic rings. The number of hydrogen-bond donors (Lipinski definition) is 2. The molecule has 2 N–H and O–H groups in total. The van der Waals surface area contributed by atoms with Gasteiger partial charge in [-0.2, -0.15) is 5.10 Å². The fourth-order valence-corrected chi connectivity index (χ4v) is 3.76. The van der Waals surface area contributed by atoms with E-state index in [1.807, 2.05) is 4.68 Å². The molecule has 0 fully saturated rings. The summed E-state index contributed by atoms with van der Waals surface area (Å²) in [5.74, 6) is 1.000. The number of aromatic nitrogens is 3. The maximum atomic E-state index is 12.2. The van der Waals surface area contributed by atoms with Gasteiger partial charge in [-0.3, -0.25) is 0 Å². The average molecular weight is 340 g/mol. The molecule has 0 radical (unpaired) electrons. The first-order chi connectivity index (χ1) is 12.2. The number of fused-ring (bicyclic) bond motifs is 2. The van der Waals surface area contributed by atoms with Crippen molar-refractivity contribution < 1.29 is 4.79 Å². The second-order valence-corrected chi connectivity index (χ2v) is 6.87. The van der Waals surface area contributed by atoms with E-state index < -0.39 is 0 Å². The summed E-state index contributed by atoms with van der Waals surface area (Å²) in [7, 11) is 0. The summed E-state index contributed by atoms with van der Waals surface area (Å²) in [6, 6.07) is 8.78. The molecule has 1 aromatic carbocycles. The molecule has 0 spiro atoms. The van der Waals surface area contributed by atoms with Gasteiger partial charge >= 0.3 is 6.03 Å². The standard InChI is InChI=1S/C18H24N6O/c1-13(23-9-8-14-4-2-3-5-16(14)23)10-19-18(25)22-15-6-7-17-20-12-21-24(17)11-15/h2-5,12-13,15H,6-11H2,1H3,(H2,19,22,25)/t13-,15+/m0/s1. The Hall–Kier alpha value is -2.57. The molecule has 0 saturated heterocycles. The Morgan fingerprint density at radius 3 is 3.16 bits per heavy atom. The van der Waals surface area contributed by atoms with Crippen molar-refractivity contribution in [2.24, 2.45) is 0 Å². The second-order valence-electron chi connectivity index (χ2n) is 6.87. The monoisotopic (exact) mass is 340 g/mol. The van der Waals surface area contributed by atoms with Crippen LogP contribution >= 0.6 is 0 Å². The summed E-state index contributed by atoms with van der Waals surface area (Å²) in [6.07, 6.45) is 4.41. The predicted octanol–water partition coefficient (Wildman–Crippen LogP) is 1.34. The topological polar surface area (TPSA) is 75.1 Å². The molecule has 25 heavy (non-hydrogen) atoms. The van der Waals surface area contributed by atoms with Crippen LogP contribution in [0.2, 0.25) is 0 Å². The van der Waals surface area contributed by atoms with Gasteiger partial charge in [0.15, 0.2) is 0 Å². The summed E-state index contributed by atoms with van der Waals surface area (Å²) in [4.78, 5) is 18.8. The Morgan fingerprint density at radius 2 is 2.24 bits per heavy atom. The lowest BCUT2D eigenvalue weighted by molar-refractivity contribution is 0.231. The quantitative estimate of drug-likeness (QED) is 0.881. The van der Waals surface area contributed by atoms with Gasteiger partial charge in [0.25, 0.3) is 0 Å². The number of nitrogens with zero attached hydrogens (tertiary/aromatic N) is 4. The van der Waals surface area contributed by atoms with Crippen molar-refractivity contribution in [3.05, 3.63) is 42.0 Å². The van der Waals surface area contributed by atoms with Gasteiger partial charge in [0.2, 0.25) is 0 Å². The van der Waals surface area contributed by atoms with Gasteiger partial charge in [-0.15, -0.1) is 0 Å². The minimum Gasteiger partial charge on any atom is -0.366 e. The highest BCUT2D eigenvalue weighted by atomic mass is 16.2. The van der Waals surface area contributed by atoms with E-state index in [9.17, 15) is 4.79 Å². The van der Waals surface area contributed by atoms with E-state index in [1.165, 1.54) is 11.3 Å². The number of rotatable bonds is 4. The summed E-state index contributed by atoms with van der Waals surface area (Å²) in [6.45, 7) is 4.49. The van der Waals surface area contributed by atoms with E-state index in [0.717, 1.165) is 31.6 Å². The lowest BCUT2D eigenvalue weighted by Crippen LogP contribution is -2.49. The van der Waals surface area contributed by atoms with Gasteiger partial charge in [-0.1, -0.05) is 18.2 Å². The Labute approximate surface area is 147 Å². The zero-order valence-electron chi connectivity index (χ0n) is 14.5. The number of aryl methyl sites for hydroxylation is 1. The van der Waals surface area contributed by atoms with Crippen molar-refractivity contribution in [3.63, 3.8) is 0 Å². The van der Waals surface area contributed by atoms with Crippen LogP contribution in [0, 0.1) is 0 Å². The number of hydrogen-bond acceptors (Lipinski definition) is 4. The summed E-state index contributed by atoms with van der Waals surface area (Å²) in [5.41, 5.74) is 2.69. The van der Waals surface area contributed by atoms with Crippen molar-refractivity contribution in [1.82, 2.24) is 25.4 Å².